The van der Waals surface area contributed by atoms with E-state index in [0.717, 1.165) is 38.2 Å². The molecule has 0 saturated carbocycles. The second-order valence-corrected chi connectivity index (χ2v) is 6.41. The van der Waals surface area contributed by atoms with Gasteiger partial charge in [-0.05, 0) is 31.0 Å². The summed E-state index contributed by atoms with van der Waals surface area (Å²) in [5.74, 6) is -0.0604. The molecule has 1 amide bonds. The van der Waals surface area contributed by atoms with Crippen LogP contribution in [0.4, 0.5) is 15.8 Å². The van der Waals surface area contributed by atoms with Crippen molar-refractivity contribution in [3.05, 3.63) is 24.0 Å². The predicted molar refractivity (Wildman–Crippen MR) is 91.0 cm³/mol. The Labute approximate surface area is 142 Å². The highest BCUT2D eigenvalue weighted by atomic mass is 19.1. The number of carbonyl (C=O) groups excluding carboxylic acids is 1. The van der Waals surface area contributed by atoms with E-state index in [2.05, 4.69) is 11.8 Å². The molecule has 0 radical (unpaired) electrons. The Morgan fingerprint density at radius 2 is 2.25 bits per heavy atom. The Balaban J connectivity index is 1.65. The Kier molecular flexibility index (Phi) is 5.68. The molecule has 2 heterocycles. The lowest BCUT2D eigenvalue weighted by atomic mass is 10.1. The van der Waals surface area contributed by atoms with Crippen molar-refractivity contribution in [3.8, 4) is 0 Å². The zero-order chi connectivity index (χ0) is 16.9. The number of amides is 1. The monoisotopic (exact) mass is 336 g/mol. The van der Waals surface area contributed by atoms with Gasteiger partial charge in [0.2, 0.25) is 0 Å². The molecule has 24 heavy (non-hydrogen) atoms. The van der Waals surface area contributed by atoms with E-state index in [-0.39, 0.29) is 18.3 Å². The topological polar surface area (TPSA) is 42.0 Å². The van der Waals surface area contributed by atoms with E-state index in [1.807, 2.05) is 0 Å². The summed E-state index contributed by atoms with van der Waals surface area (Å²) in [4.78, 5) is 16.4. The molecule has 0 bridgehead atoms. The SMILES string of the molecule is CCCN1CCN(C(=O)COCC2CCOC2)c2cc(F)ccc21. The fraction of sp³-hybridized carbons (Fsp3) is 0.611. The van der Waals surface area contributed by atoms with Crippen molar-refractivity contribution in [2.24, 2.45) is 5.92 Å². The van der Waals surface area contributed by atoms with Crippen LogP contribution in [-0.2, 0) is 14.3 Å². The molecule has 0 aromatic heterocycles. The van der Waals surface area contributed by atoms with Gasteiger partial charge < -0.3 is 19.3 Å². The molecule has 2 aliphatic rings. The van der Waals surface area contributed by atoms with Gasteiger partial charge in [-0.2, -0.15) is 0 Å². The zero-order valence-electron chi connectivity index (χ0n) is 14.2. The molecule has 1 atom stereocenters. The normalized spacial score (nSPS) is 20.3. The Bertz CT molecular complexity index is 575. The first-order valence-corrected chi connectivity index (χ1v) is 8.69. The minimum Gasteiger partial charge on any atom is -0.381 e. The van der Waals surface area contributed by atoms with Gasteiger partial charge in [0.15, 0.2) is 0 Å². The molecule has 5 nitrogen and oxygen atoms in total. The summed E-state index contributed by atoms with van der Waals surface area (Å²) in [5.41, 5.74) is 1.56. The second kappa shape index (κ2) is 7.94. The summed E-state index contributed by atoms with van der Waals surface area (Å²) < 4.78 is 24.6. The second-order valence-electron chi connectivity index (χ2n) is 6.41. The number of carbonyl (C=O) groups is 1. The van der Waals surface area contributed by atoms with Gasteiger partial charge in [-0.1, -0.05) is 6.92 Å². The molecule has 0 spiro atoms. The van der Waals surface area contributed by atoms with Crippen LogP contribution in [0.25, 0.3) is 0 Å². The van der Waals surface area contributed by atoms with Gasteiger partial charge in [0.25, 0.3) is 5.91 Å². The highest BCUT2D eigenvalue weighted by molar-refractivity contribution is 5.98. The molecule has 3 rings (SSSR count). The molecule has 1 fully saturated rings. The van der Waals surface area contributed by atoms with Gasteiger partial charge in [0.1, 0.15) is 12.4 Å². The van der Waals surface area contributed by atoms with Gasteiger partial charge in [-0.15, -0.1) is 0 Å². The molecule has 1 aromatic rings. The number of nitrogens with zero attached hydrogens (tertiary/aromatic N) is 2. The molecular formula is C18H25FN2O3. The molecule has 6 heteroatoms. The van der Waals surface area contributed by atoms with Gasteiger partial charge in [-0.3, -0.25) is 4.79 Å². The van der Waals surface area contributed by atoms with E-state index in [0.29, 0.717) is 31.4 Å². The Morgan fingerprint density at radius 1 is 1.38 bits per heavy atom. The lowest BCUT2D eigenvalue weighted by molar-refractivity contribution is -0.123. The highest BCUT2D eigenvalue weighted by Gasteiger charge is 2.27. The highest BCUT2D eigenvalue weighted by Crippen LogP contribution is 2.34. The number of hydrogen-bond donors (Lipinski definition) is 0. The lowest BCUT2D eigenvalue weighted by Crippen LogP contribution is -2.45. The lowest BCUT2D eigenvalue weighted by Gasteiger charge is -2.37. The molecule has 1 unspecified atom stereocenters. The van der Waals surface area contributed by atoms with Crippen LogP contribution in [0.1, 0.15) is 19.8 Å². The zero-order valence-corrected chi connectivity index (χ0v) is 14.2. The fourth-order valence-corrected chi connectivity index (χ4v) is 3.31. The van der Waals surface area contributed by atoms with E-state index in [1.165, 1.54) is 12.1 Å². The van der Waals surface area contributed by atoms with Crippen molar-refractivity contribution in [1.29, 1.82) is 0 Å². The predicted octanol–water partition coefficient (Wildman–Crippen LogP) is 2.44. The van der Waals surface area contributed by atoms with Gasteiger partial charge >= 0.3 is 0 Å². The standard InChI is InChI=1S/C18H25FN2O3/c1-2-6-20-7-8-21(17-10-15(19)3-4-16(17)20)18(22)13-24-12-14-5-9-23-11-14/h3-4,10,14H,2,5-9,11-13H2,1H3. The molecule has 132 valence electrons. The van der Waals surface area contributed by atoms with Crippen LogP contribution in [0.5, 0.6) is 0 Å². The van der Waals surface area contributed by atoms with Crippen LogP contribution in [-0.4, -0.2) is 52.0 Å². The first-order chi connectivity index (χ1) is 11.7. The van der Waals surface area contributed by atoms with Crippen LogP contribution >= 0.6 is 0 Å². The third-order valence-electron chi connectivity index (χ3n) is 4.56. The Hall–Kier alpha value is -1.66. The molecule has 1 aromatic carbocycles. The smallest absolute Gasteiger partial charge is 0.253 e. The minimum absolute atomic E-state index is 0.0280. The minimum atomic E-state index is -0.325. The van der Waals surface area contributed by atoms with E-state index < -0.39 is 0 Å². The van der Waals surface area contributed by atoms with Crippen molar-refractivity contribution < 1.29 is 18.7 Å². The van der Waals surface area contributed by atoms with Crippen LogP contribution in [0.3, 0.4) is 0 Å². The molecule has 0 aliphatic carbocycles. The van der Waals surface area contributed by atoms with Crippen molar-refractivity contribution in [2.45, 2.75) is 19.8 Å². The third kappa shape index (κ3) is 3.87. The largest absolute Gasteiger partial charge is 0.381 e. The van der Waals surface area contributed by atoms with Gasteiger partial charge in [-0.25, -0.2) is 4.39 Å². The third-order valence-corrected chi connectivity index (χ3v) is 4.56. The van der Waals surface area contributed by atoms with E-state index >= 15 is 0 Å². The number of benzene rings is 1. The van der Waals surface area contributed by atoms with Gasteiger partial charge in [0.05, 0.1) is 24.6 Å². The summed E-state index contributed by atoms with van der Waals surface area (Å²) in [6, 6.07) is 4.66. The summed E-state index contributed by atoms with van der Waals surface area (Å²) in [5, 5.41) is 0. The van der Waals surface area contributed by atoms with E-state index in [4.69, 9.17) is 9.47 Å². The average Bonchev–Trinajstić information content (AvgIpc) is 3.08. The number of hydrogen-bond acceptors (Lipinski definition) is 4. The maximum Gasteiger partial charge on any atom is 0.253 e. The van der Waals surface area contributed by atoms with Crippen molar-refractivity contribution in [1.82, 2.24) is 0 Å². The van der Waals surface area contributed by atoms with Crippen molar-refractivity contribution in [2.75, 3.05) is 55.9 Å². The van der Waals surface area contributed by atoms with E-state index in [9.17, 15) is 9.18 Å². The molecule has 0 N–H and O–H groups in total. The summed E-state index contributed by atoms with van der Waals surface area (Å²) in [7, 11) is 0. The van der Waals surface area contributed by atoms with Gasteiger partial charge in [0, 0.05) is 32.2 Å². The molecule has 1 saturated heterocycles. The number of rotatable bonds is 6. The summed E-state index contributed by atoms with van der Waals surface area (Å²) in [6.45, 7) is 6.38. The summed E-state index contributed by atoms with van der Waals surface area (Å²) >= 11 is 0. The number of anilines is 2. The van der Waals surface area contributed by atoms with Crippen LogP contribution in [0, 0.1) is 11.7 Å². The quantitative estimate of drug-likeness (QED) is 0.800. The molecular weight excluding hydrogens is 311 g/mol. The first-order valence-electron chi connectivity index (χ1n) is 8.69. The van der Waals surface area contributed by atoms with Crippen molar-refractivity contribution in [3.63, 3.8) is 0 Å². The van der Waals surface area contributed by atoms with Crippen LogP contribution in [0.2, 0.25) is 0 Å². The van der Waals surface area contributed by atoms with E-state index in [1.54, 1.807) is 11.0 Å². The number of halogens is 1. The first kappa shape index (κ1) is 17.2. The maximum absolute atomic E-state index is 13.7. The number of fused-ring (bicyclic) bond motifs is 1. The maximum atomic E-state index is 13.7. The Morgan fingerprint density at radius 3 is 3.00 bits per heavy atom. The van der Waals surface area contributed by atoms with Crippen molar-refractivity contribution >= 4 is 17.3 Å². The summed E-state index contributed by atoms with van der Waals surface area (Å²) in [6.07, 6.45) is 2.00. The fourth-order valence-electron chi connectivity index (χ4n) is 3.31. The number of ether oxygens (including phenoxy) is 2. The molecule has 2 aliphatic heterocycles. The van der Waals surface area contributed by atoms with Crippen LogP contribution < -0.4 is 9.80 Å². The average molecular weight is 336 g/mol. The van der Waals surface area contributed by atoms with Crippen LogP contribution in [0.15, 0.2) is 18.2 Å².